The number of nitrogens with zero attached hydrogens (tertiary/aromatic N) is 1. The van der Waals surface area contributed by atoms with E-state index in [2.05, 4.69) is 17.0 Å². The van der Waals surface area contributed by atoms with E-state index in [4.69, 9.17) is 0 Å². The number of hydrogen-bond acceptors (Lipinski definition) is 6. The fourth-order valence-corrected chi connectivity index (χ4v) is 5.22. The predicted octanol–water partition coefficient (Wildman–Crippen LogP) is 3.47. The van der Waals surface area contributed by atoms with Crippen molar-refractivity contribution in [2.45, 2.75) is 56.0 Å². The molecule has 0 spiro atoms. The Bertz CT molecular complexity index is 989. The molecule has 1 saturated carbocycles. The van der Waals surface area contributed by atoms with E-state index in [1.165, 1.54) is 12.1 Å². The van der Waals surface area contributed by atoms with Gasteiger partial charge in [-0.25, -0.2) is 13.1 Å². The van der Waals surface area contributed by atoms with Crippen molar-refractivity contribution in [3.8, 4) is 0 Å². The van der Waals surface area contributed by atoms with Crippen LogP contribution in [0.25, 0.3) is 0 Å². The molecule has 3 rings (SSSR count). The first-order valence-electron chi connectivity index (χ1n) is 10.5. The Morgan fingerprint density at radius 2 is 1.81 bits per heavy atom. The van der Waals surface area contributed by atoms with Crippen molar-refractivity contribution >= 4 is 21.4 Å². The first kappa shape index (κ1) is 23.2. The highest BCUT2D eigenvalue weighted by Crippen LogP contribution is 2.30. The molecule has 8 nitrogen and oxygen atoms in total. The summed E-state index contributed by atoms with van der Waals surface area (Å²) in [5, 5.41) is 24.4. The zero-order chi connectivity index (χ0) is 22.4. The quantitative estimate of drug-likeness (QED) is 0.400. The Hall–Kier alpha value is -2.49. The molecule has 2 aromatic carbocycles. The Balaban J connectivity index is 1.78. The molecule has 168 valence electrons. The maximum Gasteiger partial charge on any atom is 0.293 e. The molecule has 1 atom stereocenters. The summed E-state index contributed by atoms with van der Waals surface area (Å²) in [6.45, 7) is 1.92. The summed E-state index contributed by atoms with van der Waals surface area (Å²) in [5.41, 5.74) is 0.805. The van der Waals surface area contributed by atoms with Gasteiger partial charge in [-0.2, -0.15) is 0 Å². The van der Waals surface area contributed by atoms with Gasteiger partial charge in [0.15, 0.2) is 0 Å². The van der Waals surface area contributed by atoms with Crippen LogP contribution in [0.1, 0.15) is 38.2 Å². The van der Waals surface area contributed by atoms with Crippen LogP contribution in [0.2, 0.25) is 0 Å². The zero-order valence-corrected chi connectivity index (χ0v) is 18.3. The number of benzene rings is 2. The van der Waals surface area contributed by atoms with Crippen molar-refractivity contribution in [2.75, 3.05) is 11.9 Å². The molecule has 9 heteroatoms. The second-order valence-electron chi connectivity index (χ2n) is 8.23. The van der Waals surface area contributed by atoms with Gasteiger partial charge in [0, 0.05) is 12.1 Å². The maximum absolute atomic E-state index is 12.8. The molecule has 0 aliphatic heterocycles. The lowest BCUT2D eigenvalue weighted by atomic mass is 9.88. The van der Waals surface area contributed by atoms with Gasteiger partial charge in [-0.3, -0.25) is 10.1 Å². The van der Waals surface area contributed by atoms with Gasteiger partial charge in [-0.15, -0.1) is 0 Å². The maximum atomic E-state index is 12.8. The molecular formula is C22H29N3O5S. The van der Waals surface area contributed by atoms with Crippen LogP contribution in [0.15, 0.2) is 53.4 Å². The Labute approximate surface area is 182 Å². The fourth-order valence-electron chi connectivity index (χ4n) is 3.90. The lowest BCUT2D eigenvalue weighted by molar-refractivity contribution is -0.384. The largest absolute Gasteiger partial charge is 0.394 e. The number of nitro groups is 1. The molecule has 1 fully saturated rings. The summed E-state index contributed by atoms with van der Waals surface area (Å²) in [4.78, 5) is 10.9. The van der Waals surface area contributed by atoms with Crippen LogP contribution < -0.4 is 10.0 Å². The summed E-state index contributed by atoms with van der Waals surface area (Å²) in [5.74, 6) is 0.586. The number of aliphatic hydroxyl groups is 1. The third-order valence-electron chi connectivity index (χ3n) is 5.72. The number of aliphatic hydroxyl groups excluding tert-OH is 1. The lowest BCUT2D eigenvalue weighted by Gasteiger charge is -2.26. The topological polar surface area (TPSA) is 122 Å². The number of nitrogens with one attached hydrogen (secondary N) is 2. The molecule has 2 aromatic rings. The average molecular weight is 448 g/mol. The Morgan fingerprint density at radius 3 is 2.42 bits per heavy atom. The van der Waals surface area contributed by atoms with Gasteiger partial charge in [0.25, 0.3) is 5.69 Å². The molecular weight excluding hydrogens is 418 g/mol. The molecule has 1 aliphatic carbocycles. The minimum atomic E-state index is -3.86. The van der Waals surface area contributed by atoms with Gasteiger partial charge in [0.1, 0.15) is 5.69 Å². The minimum Gasteiger partial charge on any atom is -0.394 e. The fraction of sp³-hybridized carbons (Fsp3) is 0.455. The number of sulfonamides is 1. The van der Waals surface area contributed by atoms with Crippen LogP contribution in [-0.2, 0) is 16.4 Å². The highest BCUT2D eigenvalue weighted by molar-refractivity contribution is 7.89. The van der Waals surface area contributed by atoms with Crippen LogP contribution in [0.4, 0.5) is 11.4 Å². The van der Waals surface area contributed by atoms with E-state index in [0.717, 1.165) is 37.3 Å². The lowest BCUT2D eigenvalue weighted by Crippen LogP contribution is -2.37. The van der Waals surface area contributed by atoms with Crippen LogP contribution >= 0.6 is 0 Å². The number of anilines is 1. The first-order valence-corrected chi connectivity index (χ1v) is 12.0. The summed E-state index contributed by atoms with van der Waals surface area (Å²) in [6.07, 6.45) is 3.91. The highest BCUT2D eigenvalue weighted by atomic mass is 32.2. The summed E-state index contributed by atoms with van der Waals surface area (Å²) < 4.78 is 28.3. The van der Waals surface area contributed by atoms with Crippen molar-refractivity contribution in [2.24, 2.45) is 5.92 Å². The van der Waals surface area contributed by atoms with Crippen molar-refractivity contribution in [1.29, 1.82) is 0 Å². The third kappa shape index (κ3) is 6.25. The summed E-state index contributed by atoms with van der Waals surface area (Å²) in [7, 11) is -3.86. The van der Waals surface area contributed by atoms with Crippen LogP contribution in [0.5, 0.6) is 0 Å². The van der Waals surface area contributed by atoms with Gasteiger partial charge in [0.05, 0.1) is 22.5 Å². The zero-order valence-electron chi connectivity index (χ0n) is 17.5. The monoisotopic (exact) mass is 447 g/mol. The molecule has 0 saturated heterocycles. The average Bonchev–Trinajstić information content (AvgIpc) is 2.75. The smallest absolute Gasteiger partial charge is 0.293 e. The standard InChI is InChI=1S/C22H29N3O5S/c1-16-7-9-18(10-8-16)24-31(29,30)20-11-12-21(22(14-20)25(27)28)23-19(15-26)13-17-5-3-2-4-6-17/h2-6,11-12,14,16,18-19,23-24,26H,7-10,13,15H2,1H3. The van der Waals surface area contributed by atoms with E-state index < -0.39 is 21.0 Å². The molecule has 0 bridgehead atoms. The van der Waals surface area contributed by atoms with Crippen molar-refractivity contribution in [3.05, 3.63) is 64.2 Å². The van der Waals surface area contributed by atoms with Crippen molar-refractivity contribution in [1.82, 2.24) is 4.72 Å². The van der Waals surface area contributed by atoms with E-state index in [-0.39, 0.29) is 28.9 Å². The molecule has 0 radical (unpaired) electrons. The van der Waals surface area contributed by atoms with Crippen LogP contribution in [0, 0.1) is 16.0 Å². The first-order chi connectivity index (χ1) is 14.8. The van der Waals surface area contributed by atoms with Gasteiger partial charge in [-0.05, 0) is 55.7 Å². The van der Waals surface area contributed by atoms with E-state index >= 15 is 0 Å². The summed E-state index contributed by atoms with van der Waals surface area (Å²) >= 11 is 0. The number of nitro benzene ring substituents is 1. The molecule has 0 aromatic heterocycles. The van der Waals surface area contributed by atoms with Crippen molar-refractivity contribution < 1.29 is 18.4 Å². The molecule has 1 unspecified atom stereocenters. The highest BCUT2D eigenvalue weighted by Gasteiger charge is 2.27. The second-order valence-corrected chi connectivity index (χ2v) is 9.94. The van der Waals surface area contributed by atoms with Gasteiger partial charge >= 0.3 is 0 Å². The van der Waals surface area contributed by atoms with Gasteiger partial charge in [0.2, 0.25) is 10.0 Å². The number of hydrogen-bond donors (Lipinski definition) is 3. The summed E-state index contributed by atoms with van der Waals surface area (Å²) in [6, 6.07) is 12.7. The molecule has 1 aliphatic rings. The Kier molecular flexibility index (Phi) is 7.64. The molecule has 0 amide bonds. The SMILES string of the molecule is CC1CCC(NS(=O)(=O)c2ccc(NC(CO)Cc3ccccc3)c([N+](=O)[O-])c2)CC1. The normalized spacial score (nSPS) is 20.2. The molecule has 31 heavy (non-hydrogen) atoms. The Morgan fingerprint density at radius 1 is 1.13 bits per heavy atom. The van der Waals surface area contributed by atoms with Crippen LogP contribution in [0.3, 0.4) is 0 Å². The van der Waals surface area contributed by atoms with Crippen LogP contribution in [-0.4, -0.2) is 37.1 Å². The van der Waals surface area contributed by atoms with Gasteiger partial charge < -0.3 is 10.4 Å². The van der Waals surface area contributed by atoms with E-state index in [1.54, 1.807) is 0 Å². The van der Waals surface area contributed by atoms with Gasteiger partial charge in [-0.1, -0.05) is 37.3 Å². The minimum absolute atomic E-state index is 0.132. The molecule has 0 heterocycles. The molecule has 3 N–H and O–H groups in total. The van der Waals surface area contributed by atoms with E-state index in [0.29, 0.717) is 12.3 Å². The van der Waals surface area contributed by atoms with E-state index in [9.17, 15) is 23.6 Å². The predicted molar refractivity (Wildman–Crippen MR) is 119 cm³/mol. The third-order valence-corrected chi connectivity index (χ3v) is 7.24. The number of rotatable bonds is 9. The van der Waals surface area contributed by atoms with Crippen molar-refractivity contribution in [3.63, 3.8) is 0 Å². The second kappa shape index (κ2) is 10.2. The van der Waals surface area contributed by atoms with E-state index in [1.807, 2.05) is 30.3 Å².